The molecule has 0 saturated carbocycles. The molecule has 3 heteroatoms. The van der Waals surface area contributed by atoms with Crippen molar-refractivity contribution in [3.8, 4) is 0 Å². The van der Waals surface area contributed by atoms with E-state index in [0.717, 1.165) is 11.8 Å². The lowest BCUT2D eigenvalue weighted by molar-refractivity contribution is 0.407. The molecule has 0 aliphatic carbocycles. The van der Waals surface area contributed by atoms with Crippen LogP contribution < -0.4 is 0 Å². The van der Waals surface area contributed by atoms with Crippen LogP contribution in [0.4, 0.5) is 8.78 Å². The molecule has 0 nitrogen and oxygen atoms in total. The summed E-state index contributed by atoms with van der Waals surface area (Å²) in [5.41, 5.74) is 0.203. The molecule has 0 spiro atoms. The summed E-state index contributed by atoms with van der Waals surface area (Å²) in [4.78, 5) is 0. The van der Waals surface area contributed by atoms with Crippen LogP contribution in [-0.2, 0) is 0 Å². The minimum Gasteiger partial charge on any atom is -0.173 e. The maximum absolute atomic E-state index is 11.6. The average Bonchev–Trinajstić information content (AvgIpc) is 1.82. The van der Waals surface area contributed by atoms with Crippen LogP contribution in [0.25, 0.3) is 0 Å². The lowest BCUT2D eigenvalue weighted by Gasteiger charge is -1.94. The molecule has 0 heterocycles. The summed E-state index contributed by atoms with van der Waals surface area (Å²) in [5.74, 6) is 0. The molecule has 0 unspecified atom stereocenters. The van der Waals surface area contributed by atoms with Crippen molar-refractivity contribution in [1.82, 2.24) is 0 Å². The van der Waals surface area contributed by atoms with Crippen molar-refractivity contribution in [2.75, 3.05) is 5.33 Å². The van der Waals surface area contributed by atoms with Gasteiger partial charge in [-0.3, -0.25) is 0 Å². The van der Waals surface area contributed by atoms with E-state index in [1.54, 1.807) is 0 Å². The monoisotopic (exact) mass is 198 g/mol. The fourth-order valence-electron chi connectivity index (χ4n) is 0.426. The maximum atomic E-state index is 11.6. The van der Waals surface area contributed by atoms with Crippen LogP contribution in [0.1, 0.15) is 19.8 Å². The number of hydrogen-bond donors (Lipinski definition) is 0. The molecule has 0 N–H and O–H groups in total. The zero-order valence-corrected chi connectivity index (χ0v) is 6.84. The van der Waals surface area contributed by atoms with E-state index in [9.17, 15) is 8.78 Å². The summed E-state index contributed by atoms with van der Waals surface area (Å²) < 4.78 is 23.2. The Kier molecular flexibility index (Phi) is 4.96. The third-order valence-electron chi connectivity index (χ3n) is 1.01. The van der Waals surface area contributed by atoms with Crippen LogP contribution in [0, 0.1) is 0 Å². The molecule has 0 bridgehead atoms. The third-order valence-corrected chi connectivity index (χ3v) is 1.57. The largest absolute Gasteiger partial charge is 0.269 e. The average molecular weight is 199 g/mol. The Balaban J connectivity index is 3.50. The first-order chi connectivity index (χ1) is 4.18. The summed E-state index contributed by atoms with van der Waals surface area (Å²) in [5, 5.41) is 0.789. The number of allylic oxidation sites excluding steroid dienone is 1. The normalized spacial score (nSPS) is 9.33. The summed E-state index contributed by atoms with van der Waals surface area (Å²) in [6.45, 7) is 1.46. The Labute approximate surface area is 62.1 Å². The number of alkyl halides is 1. The van der Waals surface area contributed by atoms with E-state index >= 15 is 0 Å². The first-order valence-corrected chi connectivity index (χ1v) is 3.87. The van der Waals surface area contributed by atoms with Gasteiger partial charge in [-0.1, -0.05) is 15.9 Å². The van der Waals surface area contributed by atoms with E-state index in [2.05, 4.69) is 15.9 Å². The predicted octanol–water partition coefficient (Wildman–Crippen LogP) is 3.33. The lowest BCUT2D eigenvalue weighted by Crippen LogP contribution is -1.79. The minimum absolute atomic E-state index is 0.203. The fourth-order valence-corrected chi connectivity index (χ4v) is 0.707. The van der Waals surface area contributed by atoms with Gasteiger partial charge in [0, 0.05) is 5.33 Å². The second-order valence-electron chi connectivity index (χ2n) is 1.83. The Hall–Kier alpha value is 0.0800. The van der Waals surface area contributed by atoms with E-state index in [0.29, 0.717) is 6.42 Å². The zero-order valence-electron chi connectivity index (χ0n) is 5.26. The van der Waals surface area contributed by atoms with Gasteiger partial charge in [-0.05, 0) is 25.3 Å². The molecule has 0 aromatic rings. The van der Waals surface area contributed by atoms with Crippen LogP contribution >= 0.6 is 15.9 Å². The molecule has 0 fully saturated rings. The van der Waals surface area contributed by atoms with Gasteiger partial charge < -0.3 is 0 Å². The van der Waals surface area contributed by atoms with Gasteiger partial charge in [0.2, 0.25) is 0 Å². The fraction of sp³-hybridized carbons (Fsp3) is 0.667. The molecule has 0 rings (SSSR count). The smallest absolute Gasteiger partial charge is 0.173 e. The molecule has 0 aromatic carbocycles. The van der Waals surface area contributed by atoms with Crippen molar-refractivity contribution in [3.05, 3.63) is 11.7 Å². The molecular weight excluding hydrogens is 190 g/mol. The SMILES string of the molecule is CC(CCCBr)=C(F)F. The Morgan fingerprint density at radius 2 is 2.00 bits per heavy atom. The molecule has 54 valence electrons. The van der Waals surface area contributed by atoms with E-state index in [4.69, 9.17) is 0 Å². The van der Waals surface area contributed by atoms with E-state index < -0.39 is 6.08 Å². The first kappa shape index (κ1) is 9.08. The lowest BCUT2D eigenvalue weighted by atomic mass is 10.2. The summed E-state index contributed by atoms with van der Waals surface area (Å²) in [6.07, 6.45) is -0.257. The van der Waals surface area contributed by atoms with Crippen LogP contribution in [0.5, 0.6) is 0 Å². The first-order valence-electron chi connectivity index (χ1n) is 2.75. The summed E-state index contributed by atoms with van der Waals surface area (Å²) in [6, 6.07) is 0. The highest BCUT2D eigenvalue weighted by atomic mass is 79.9. The third kappa shape index (κ3) is 4.58. The zero-order chi connectivity index (χ0) is 7.28. The van der Waals surface area contributed by atoms with Crippen LogP contribution in [-0.4, -0.2) is 5.33 Å². The van der Waals surface area contributed by atoms with Crippen molar-refractivity contribution in [2.24, 2.45) is 0 Å². The number of rotatable bonds is 3. The van der Waals surface area contributed by atoms with Crippen molar-refractivity contribution in [3.63, 3.8) is 0 Å². The highest BCUT2D eigenvalue weighted by molar-refractivity contribution is 9.09. The summed E-state index contributed by atoms with van der Waals surface area (Å²) in [7, 11) is 0. The molecule has 9 heavy (non-hydrogen) atoms. The van der Waals surface area contributed by atoms with E-state index in [-0.39, 0.29) is 5.57 Å². The number of hydrogen-bond acceptors (Lipinski definition) is 0. The minimum atomic E-state index is -1.53. The number of halogens is 3. The van der Waals surface area contributed by atoms with Gasteiger partial charge in [0.05, 0.1) is 0 Å². The molecule has 0 atom stereocenters. The van der Waals surface area contributed by atoms with Gasteiger partial charge in [0.15, 0.2) is 0 Å². The standard InChI is InChI=1S/C6H9BrF2/c1-5(6(8)9)3-2-4-7/h2-4H2,1H3. The van der Waals surface area contributed by atoms with Crippen molar-refractivity contribution in [1.29, 1.82) is 0 Å². The molecule has 0 amide bonds. The molecular formula is C6H9BrF2. The maximum Gasteiger partial charge on any atom is 0.269 e. The predicted molar refractivity (Wildman–Crippen MR) is 37.9 cm³/mol. The van der Waals surface area contributed by atoms with E-state index in [1.165, 1.54) is 6.92 Å². The molecule has 0 radical (unpaired) electrons. The second-order valence-corrected chi connectivity index (χ2v) is 2.63. The van der Waals surface area contributed by atoms with Gasteiger partial charge in [-0.2, -0.15) is 8.78 Å². The van der Waals surface area contributed by atoms with Crippen molar-refractivity contribution >= 4 is 15.9 Å². The van der Waals surface area contributed by atoms with Gasteiger partial charge in [-0.25, -0.2) is 0 Å². The topological polar surface area (TPSA) is 0 Å². The Morgan fingerprint density at radius 3 is 2.33 bits per heavy atom. The van der Waals surface area contributed by atoms with Gasteiger partial charge >= 0.3 is 0 Å². The Morgan fingerprint density at radius 1 is 1.44 bits per heavy atom. The van der Waals surface area contributed by atoms with Crippen LogP contribution in [0.15, 0.2) is 11.7 Å². The van der Waals surface area contributed by atoms with Crippen LogP contribution in [0.3, 0.4) is 0 Å². The van der Waals surface area contributed by atoms with Crippen molar-refractivity contribution < 1.29 is 8.78 Å². The Bertz CT molecular complexity index is 106. The van der Waals surface area contributed by atoms with Gasteiger partial charge in [0.1, 0.15) is 0 Å². The highest BCUT2D eigenvalue weighted by Gasteiger charge is 1.97. The van der Waals surface area contributed by atoms with Crippen LogP contribution in [0.2, 0.25) is 0 Å². The second kappa shape index (κ2) is 4.91. The molecule has 0 aromatic heterocycles. The van der Waals surface area contributed by atoms with E-state index in [1.807, 2.05) is 0 Å². The highest BCUT2D eigenvalue weighted by Crippen LogP contribution is 2.12. The van der Waals surface area contributed by atoms with Gasteiger partial charge in [-0.15, -0.1) is 0 Å². The van der Waals surface area contributed by atoms with Crippen molar-refractivity contribution in [2.45, 2.75) is 19.8 Å². The molecule has 0 aliphatic rings. The van der Waals surface area contributed by atoms with Gasteiger partial charge in [0.25, 0.3) is 6.08 Å². The summed E-state index contributed by atoms with van der Waals surface area (Å²) >= 11 is 3.16. The molecule has 0 saturated heterocycles. The molecule has 0 aliphatic heterocycles. The quantitative estimate of drug-likeness (QED) is 0.611.